The number of nitrogens with zero attached hydrogens (tertiary/aromatic N) is 5. The lowest BCUT2D eigenvalue weighted by atomic mass is 9.80. The Balaban J connectivity index is 1.40. The summed E-state index contributed by atoms with van der Waals surface area (Å²) in [6.45, 7) is 2.54. The van der Waals surface area contributed by atoms with Crippen LogP contribution in [-0.2, 0) is 15.7 Å². The van der Waals surface area contributed by atoms with E-state index in [0.717, 1.165) is 18.6 Å². The number of hydrogen-bond donors (Lipinski definition) is 1. The Morgan fingerprint density at radius 1 is 1.15 bits per heavy atom. The SMILES string of the molecule is CCN1C(=O)[C@H](NC(=O)c2cccc(C(F)(F)F)c2)[C@H](c2ccc(F)cc2)c2c(C(=O)N3[C@H](C#N)C[C@H]4C[C@H]43)nn(C3CCOC3)c21. The highest BCUT2D eigenvalue weighted by Crippen LogP contribution is 2.50. The normalized spacial score (nSPS) is 26.5. The van der Waals surface area contributed by atoms with Gasteiger partial charge in [-0.1, -0.05) is 18.2 Å². The summed E-state index contributed by atoms with van der Waals surface area (Å²) in [5.74, 6) is -3.09. The van der Waals surface area contributed by atoms with Crippen molar-refractivity contribution in [2.24, 2.45) is 5.92 Å². The van der Waals surface area contributed by atoms with Crippen molar-refractivity contribution in [3.63, 3.8) is 0 Å². The summed E-state index contributed by atoms with van der Waals surface area (Å²) in [6.07, 6.45) is -2.84. The molecule has 0 radical (unpaired) electrons. The highest BCUT2D eigenvalue weighted by atomic mass is 19.4. The number of hydrogen-bond acceptors (Lipinski definition) is 6. The van der Waals surface area contributed by atoms with Gasteiger partial charge in [0.1, 0.15) is 23.7 Å². The van der Waals surface area contributed by atoms with E-state index >= 15 is 0 Å². The van der Waals surface area contributed by atoms with Gasteiger partial charge in [0, 0.05) is 36.2 Å². The molecule has 6 atom stereocenters. The third kappa shape index (κ3) is 5.22. The standard InChI is InChI=1S/C33H30F4N6O4/c1-2-41-30-26(28(40-43(30)22-10-11-47-16-22)32(46)42-23(15-38)13-19-14-24(19)42)25(17-6-8-21(34)9-7-17)27(31(41)45)39-29(44)18-4-3-5-20(12-18)33(35,36)37/h3-9,12,19,22-25,27H,2,10-11,13-14,16H2,1H3,(H,39,44)/t19-,22?,23-,24+,25+,27+/m0/s1. The van der Waals surface area contributed by atoms with Crippen molar-refractivity contribution in [3.8, 4) is 6.07 Å². The van der Waals surface area contributed by atoms with Crippen LogP contribution >= 0.6 is 0 Å². The van der Waals surface area contributed by atoms with Crippen molar-refractivity contribution in [3.05, 3.63) is 82.3 Å². The number of likely N-dealkylation sites (N-methyl/N-ethyl adjacent to an activating group) is 1. The van der Waals surface area contributed by atoms with Crippen LogP contribution in [0.2, 0.25) is 0 Å². The second-order valence-electron chi connectivity index (χ2n) is 12.3. The largest absolute Gasteiger partial charge is 0.416 e. The number of aromatic nitrogens is 2. The molecule has 1 saturated carbocycles. The summed E-state index contributed by atoms with van der Waals surface area (Å²) in [5.41, 5.74) is -0.659. The zero-order valence-corrected chi connectivity index (χ0v) is 25.2. The maximum Gasteiger partial charge on any atom is 0.416 e. The maximum atomic E-state index is 14.5. The van der Waals surface area contributed by atoms with Crippen molar-refractivity contribution in [1.82, 2.24) is 20.0 Å². The molecule has 0 spiro atoms. The molecule has 47 heavy (non-hydrogen) atoms. The van der Waals surface area contributed by atoms with Crippen molar-refractivity contribution < 1.29 is 36.7 Å². The molecule has 4 heterocycles. The Bertz CT molecular complexity index is 1800. The molecule has 2 aromatic carbocycles. The topological polar surface area (TPSA) is 121 Å². The predicted octanol–water partition coefficient (Wildman–Crippen LogP) is 4.43. The summed E-state index contributed by atoms with van der Waals surface area (Å²) in [6, 6.07) is 8.84. The van der Waals surface area contributed by atoms with Gasteiger partial charge in [-0.2, -0.15) is 23.5 Å². The number of halogens is 4. The van der Waals surface area contributed by atoms with Crippen molar-refractivity contribution in [2.45, 2.75) is 62.4 Å². The maximum absolute atomic E-state index is 14.5. The molecule has 2 saturated heterocycles. The van der Waals surface area contributed by atoms with Crippen LogP contribution in [0.4, 0.5) is 23.4 Å². The molecule has 3 aromatic rings. The van der Waals surface area contributed by atoms with Gasteiger partial charge < -0.3 is 15.0 Å². The molecule has 1 aromatic heterocycles. The van der Waals surface area contributed by atoms with Crippen LogP contribution in [0.25, 0.3) is 0 Å². The Morgan fingerprint density at radius 3 is 2.57 bits per heavy atom. The number of benzene rings is 2. The van der Waals surface area contributed by atoms with Gasteiger partial charge in [-0.15, -0.1) is 0 Å². The van der Waals surface area contributed by atoms with Gasteiger partial charge in [0.2, 0.25) is 0 Å². The summed E-state index contributed by atoms with van der Waals surface area (Å²) in [5, 5.41) is 17.3. The Morgan fingerprint density at radius 2 is 1.91 bits per heavy atom. The minimum atomic E-state index is -4.70. The molecule has 10 nitrogen and oxygen atoms in total. The number of anilines is 1. The van der Waals surface area contributed by atoms with Crippen LogP contribution in [-0.4, -0.2) is 70.3 Å². The number of nitrogens with one attached hydrogen (secondary N) is 1. The number of likely N-dealkylation sites (tertiary alicyclic amines) is 1. The first-order chi connectivity index (χ1) is 22.5. The minimum Gasteiger partial charge on any atom is -0.379 e. The zero-order chi connectivity index (χ0) is 33.2. The monoisotopic (exact) mass is 650 g/mol. The lowest BCUT2D eigenvalue weighted by Crippen LogP contribution is -2.56. The minimum absolute atomic E-state index is 0.00158. The third-order valence-corrected chi connectivity index (χ3v) is 9.58. The number of ether oxygens (including phenoxy) is 1. The van der Waals surface area contributed by atoms with Gasteiger partial charge in [0.05, 0.1) is 24.3 Å². The number of piperidine rings is 1. The van der Waals surface area contributed by atoms with E-state index in [1.807, 2.05) is 0 Å². The van der Waals surface area contributed by atoms with E-state index in [-0.39, 0.29) is 42.4 Å². The Labute approximate surface area is 266 Å². The molecule has 1 aliphatic carbocycles. The molecule has 0 bridgehead atoms. The number of alkyl halides is 3. The number of carbonyl (C=O) groups is 3. The molecule has 14 heteroatoms. The molecule has 7 rings (SSSR count). The molecule has 3 amide bonds. The molecular formula is C33H30F4N6O4. The third-order valence-electron chi connectivity index (χ3n) is 9.58. The molecular weight excluding hydrogens is 620 g/mol. The van der Waals surface area contributed by atoms with E-state index in [1.54, 1.807) is 16.5 Å². The van der Waals surface area contributed by atoms with Crippen molar-refractivity contribution >= 4 is 23.5 Å². The molecule has 244 valence electrons. The first-order valence-corrected chi connectivity index (χ1v) is 15.5. The zero-order valence-electron chi connectivity index (χ0n) is 25.2. The summed E-state index contributed by atoms with van der Waals surface area (Å²) in [7, 11) is 0. The smallest absolute Gasteiger partial charge is 0.379 e. The number of rotatable bonds is 6. The van der Waals surface area contributed by atoms with Gasteiger partial charge in [-0.05, 0) is 68.0 Å². The van der Waals surface area contributed by atoms with Crippen LogP contribution in [0.3, 0.4) is 0 Å². The lowest BCUT2D eigenvalue weighted by molar-refractivity contribution is -0.137. The molecule has 4 aliphatic rings. The van der Waals surface area contributed by atoms with Gasteiger partial charge in [0.25, 0.3) is 17.7 Å². The van der Waals surface area contributed by atoms with Crippen LogP contribution in [0.15, 0.2) is 48.5 Å². The second kappa shape index (κ2) is 11.5. The average Bonchev–Trinajstić information content (AvgIpc) is 3.39. The molecule has 1 N–H and O–H groups in total. The summed E-state index contributed by atoms with van der Waals surface area (Å²) in [4.78, 5) is 45.4. The fraction of sp³-hybridized carbons (Fsp3) is 0.424. The van der Waals surface area contributed by atoms with Crippen molar-refractivity contribution in [2.75, 3.05) is 24.7 Å². The lowest BCUT2D eigenvalue weighted by Gasteiger charge is -2.39. The molecule has 1 unspecified atom stereocenters. The molecule has 3 aliphatic heterocycles. The number of fused-ring (bicyclic) bond motifs is 2. The fourth-order valence-corrected chi connectivity index (χ4v) is 7.23. The summed E-state index contributed by atoms with van der Waals surface area (Å²) < 4.78 is 61.9. The van der Waals surface area contributed by atoms with E-state index < -0.39 is 53.3 Å². The quantitative estimate of drug-likeness (QED) is 0.395. The van der Waals surface area contributed by atoms with Gasteiger partial charge in [-0.3, -0.25) is 19.3 Å². The van der Waals surface area contributed by atoms with Crippen LogP contribution in [0.1, 0.15) is 75.7 Å². The van der Waals surface area contributed by atoms with Crippen LogP contribution < -0.4 is 10.2 Å². The van der Waals surface area contributed by atoms with E-state index in [1.165, 1.54) is 35.2 Å². The first-order valence-electron chi connectivity index (χ1n) is 15.5. The van der Waals surface area contributed by atoms with Gasteiger partial charge in [0.15, 0.2) is 5.69 Å². The highest BCUT2D eigenvalue weighted by Gasteiger charge is 2.56. The van der Waals surface area contributed by atoms with Crippen molar-refractivity contribution in [1.29, 1.82) is 5.26 Å². The number of nitriles is 1. The van der Waals surface area contributed by atoms with Crippen LogP contribution in [0.5, 0.6) is 0 Å². The predicted molar refractivity (Wildman–Crippen MR) is 158 cm³/mol. The Hall–Kier alpha value is -4.77. The van der Waals surface area contributed by atoms with E-state index in [0.29, 0.717) is 42.5 Å². The number of carbonyl (C=O) groups excluding carboxylic acids is 3. The fourth-order valence-electron chi connectivity index (χ4n) is 7.23. The average molecular weight is 651 g/mol. The Kier molecular flexibility index (Phi) is 7.54. The van der Waals surface area contributed by atoms with Gasteiger partial charge >= 0.3 is 6.18 Å². The van der Waals surface area contributed by atoms with Gasteiger partial charge in [-0.25, -0.2) is 9.07 Å². The highest BCUT2D eigenvalue weighted by molar-refractivity contribution is 6.07. The number of amides is 3. The van der Waals surface area contributed by atoms with E-state index in [4.69, 9.17) is 9.84 Å². The van der Waals surface area contributed by atoms with E-state index in [2.05, 4.69) is 11.4 Å². The van der Waals surface area contributed by atoms with E-state index in [9.17, 15) is 37.2 Å². The first kappa shape index (κ1) is 30.9. The second-order valence-corrected chi connectivity index (χ2v) is 12.3. The summed E-state index contributed by atoms with van der Waals surface area (Å²) >= 11 is 0. The molecule has 3 fully saturated rings. The van der Waals surface area contributed by atoms with Crippen LogP contribution in [0, 0.1) is 23.1 Å².